The summed E-state index contributed by atoms with van der Waals surface area (Å²) < 4.78 is 0. The number of aliphatic hydroxyl groups is 2. The maximum atomic E-state index is 13.5. The van der Waals surface area contributed by atoms with E-state index in [9.17, 15) is 19.8 Å². The van der Waals surface area contributed by atoms with E-state index in [0.29, 0.717) is 30.3 Å². The van der Waals surface area contributed by atoms with Gasteiger partial charge in [0.1, 0.15) is 0 Å². The highest BCUT2D eigenvalue weighted by atomic mass is 32.1. The molecule has 5 atom stereocenters. The number of hydrogen-bond donors (Lipinski definition) is 3. The largest absolute Gasteiger partial charge is 0.396 e. The van der Waals surface area contributed by atoms with E-state index in [1.165, 1.54) is 11.3 Å². The zero-order valence-corrected chi connectivity index (χ0v) is 22.2. The molecule has 0 radical (unpaired) electrons. The summed E-state index contributed by atoms with van der Waals surface area (Å²) in [6.45, 7) is 8.02. The minimum absolute atomic E-state index is 0.0334. The van der Waals surface area contributed by atoms with Gasteiger partial charge >= 0.3 is 0 Å². The lowest BCUT2D eigenvalue weighted by atomic mass is 9.47. The number of anilines is 1. The maximum absolute atomic E-state index is 13.5. The number of aromatic nitrogens is 1. The van der Waals surface area contributed by atoms with Crippen LogP contribution < -0.4 is 5.32 Å². The van der Waals surface area contributed by atoms with Gasteiger partial charge in [0.25, 0.3) is 0 Å². The molecule has 8 heteroatoms. The molecular formula is C27H41N3O4S. The van der Waals surface area contributed by atoms with Crippen LogP contribution in [0.15, 0.2) is 0 Å². The number of nitrogens with zero attached hydrogens (tertiary/aromatic N) is 2. The second-order valence-electron chi connectivity index (χ2n) is 12.2. The highest BCUT2D eigenvalue weighted by Crippen LogP contribution is 2.63. The molecule has 0 spiro atoms. The van der Waals surface area contributed by atoms with Crippen LogP contribution in [-0.4, -0.2) is 57.7 Å². The van der Waals surface area contributed by atoms with Gasteiger partial charge < -0.3 is 20.4 Å². The Hall–Kier alpha value is -1.51. The van der Waals surface area contributed by atoms with E-state index in [-0.39, 0.29) is 41.6 Å². The van der Waals surface area contributed by atoms with E-state index in [0.717, 1.165) is 62.2 Å². The van der Waals surface area contributed by atoms with E-state index in [1.54, 1.807) is 0 Å². The normalized spacial score (nSPS) is 35.7. The van der Waals surface area contributed by atoms with Gasteiger partial charge in [0.2, 0.25) is 11.8 Å². The summed E-state index contributed by atoms with van der Waals surface area (Å²) in [4.78, 5) is 34.2. The smallest absolute Gasteiger partial charge is 0.229 e. The summed E-state index contributed by atoms with van der Waals surface area (Å²) in [6.07, 6.45) is 7.02. The Kier molecular flexibility index (Phi) is 6.77. The van der Waals surface area contributed by atoms with Gasteiger partial charge in [-0.3, -0.25) is 9.59 Å². The first-order valence-corrected chi connectivity index (χ1v) is 14.3. The van der Waals surface area contributed by atoms with Crippen molar-refractivity contribution in [3.05, 3.63) is 10.6 Å². The Balaban J connectivity index is 1.47. The fourth-order valence-electron chi connectivity index (χ4n) is 7.14. The van der Waals surface area contributed by atoms with E-state index < -0.39 is 11.5 Å². The van der Waals surface area contributed by atoms with Crippen molar-refractivity contribution >= 4 is 28.3 Å². The van der Waals surface area contributed by atoms with Gasteiger partial charge in [0.15, 0.2) is 5.13 Å². The highest BCUT2D eigenvalue weighted by Gasteiger charge is 2.59. The number of piperidine rings is 1. The molecule has 7 nitrogen and oxygen atoms in total. The summed E-state index contributed by atoms with van der Waals surface area (Å²) in [7, 11) is 0. The van der Waals surface area contributed by atoms with E-state index in [1.807, 2.05) is 11.8 Å². The molecule has 0 bridgehead atoms. The molecule has 4 aliphatic rings. The SMILES string of the molecule is CC1CCN(C(=O)CC2c3nc(NC(=O)C4CCC4)sc3CC3[C@@]2(C)CCC(O)[C@@]3(C)CO)CC1. The quantitative estimate of drug-likeness (QED) is 0.565. The minimum Gasteiger partial charge on any atom is -0.396 e. The topological polar surface area (TPSA) is 103 Å². The van der Waals surface area contributed by atoms with Crippen LogP contribution in [0.5, 0.6) is 0 Å². The highest BCUT2D eigenvalue weighted by molar-refractivity contribution is 7.15. The molecular weight excluding hydrogens is 462 g/mol. The van der Waals surface area contributed by atoms with Crippen LogP contribution >= 0.6 is 11.3 Å². The van der Waals surface area contributed by atoms with Crippen LogP contribution in [0.3, 0.4) is 0 Å². The zero-order chi connectivity index (χ0) is 25.0. The monoisotopic (exact) mass is 503 g/mol. The molecule has 2 heterocycles. The average molecular weight is 504 g/mol. The van der Waals surface area contributed by atoms with Gasteiger partial charge in [-0.2, -0.15) is 0 Å². The first-order valence-electron chi connectivity index (χ1n) is 13.5. The molecule has 1 aliphatic heterocycles. The molecule has 35 heavy (non-hydrogen) atoms. The molecule has 5 rings (SSSR count). The summed E-state index contributed by atoms with van der Waals surface area (Å²) in [5, 5.41) is 25.1. The molecule has 194 valence electrons. The predicted molar refractivity (Wildman–Crippen MR) is 136 cm³/mol. The van der Waals surface area contributed by atoms with Crippen molar-refractivity contribution in [2.75, 3.05) is 25.0 Å². The van der Waals surface area contributed by atoms with E-state index >= 15 is 0 Å². The second-order valence-corrected chi connectivity index (χ2v) is 13.3. The lowest BCUT2D eigenvalue weighted by Gasteiger charge is -2.58. The van der Waals surface area contributed by atoms with Crippen molar-refractivity contribution < 1.29 is 19.8 Å². The van der Waals surface area contributed by atoms with Crippen molar-refractivity contribution in [3.63, 3.8) is 0 Å². The zero-order valence-electron chi connectivity index (χ0n) is 21.4. The lowest BCUT2D eigenvalue weighted by Crippen LogP contribution is -2.57. The van der Waals surface area contributed by atoms with Crippen LogP contribution in [0.2, 0.25) is 0 Å². The Morgan fingerprint density at radius 2 is 1.89 bits per heavy atom. The predicted octanol–water partition coefficient (Wildman–Crippen LogP) is 3.95. The minimum atomic E-state index is -0.633. The molecule has 2 amide bonds. The van der Waals surface area contributed by atoms with Crippen molar-refractivity contribution in [3.8, 4) is 0 Å². The standard InChI is InChI=1S/C27H41N3O4S/c1-16-8-11-30(12-9-16)22(33)13-18-23-19(35-25(28-23)29-24(34)17-5-4-6-17)14-20-26(18,2)10-7-21(32)27(20,3)15-31/h16-18,20-21,31-32H,4-15H2,1-3H3,(H,28,29,34)/t18?,20?,21?,26-,27-/m0/s1. The summed E-state index contributed by atoms with van der Waals surface area (Å²) in [5.41, 5.74) is 0.0607. The third kappa shape index (κ3) is 4.33. The van der Waals surface area contributed by atoms with Crippen LogP contribution in [0.1, 0.15) is 88.6 Å². The van der Waals surface area contributed by atoms with Crippen LogP contribution in [0.25, 0.3) is 0 Å². The first-order chi connectivity index (χ1) is 16.7. The Labute approximate surface area is 212 Å². The lowest BCUT2D eigenvalue weighted by molar-refractivity contribution is -0.147. The number of carbonyl (C=O) groups is 2. The number of nitrogens with one attached hydrogen (secondary N) is 1. The van der Waals surface area contributed by atoms with Gasteiger partial charge in [-0.25, -0.2) is 4.98 Å². The molecule has 1 saturated heterocycles. The third-order valence-electron chi connectivity index (χ3n) is 10.1. The summed E-state index contributed by atoms with van der Waals surface area (Å²) in [6, 6.07) is 0. The number of hydrogen-bond acceptors (Lipinski definition) is 6. The number of rotatable bonds is 5. The number of amides is 2. The first kappa shape index (κ1) is 25.2. The van der Waals surface area contributed by atoms with Gasteiger partial charge in [-0.05, 0) is 62.2 Å². The number of aliphatic hydroxyl groups excluding tert-OH is 2. The Morgan fingerprint density at radius 1 is 1.17 bits per heavy atom. The fraction of sp³-hybridized carbons (Fsp3) is 0.815. The van der Waals surface area contributed by atoms with E-state index in [2.05, 4.69) is 19.2 Å². The van der Waals surface area contributed by atoms with E-state index in [4.69, 9.17) is 4.98 Å². The molecule has 3 unspecified atom stereocenters. The van der Waals surface area contributed by atoms with Gasteiger partial charge in [0, 0.05) is 41.6 Å². The molecule has 1 aromatic heterocycles. The molecule has 0 aromatic carbocycles. The van der Waals surface area contributed by atoms with Crippen LogP contribution in [0, 0.1) is 28.6 Å². The van der Waals surface area contributed by atoms with Crippen molar-refractivity contribution in [2.24, 2.45) is 28.6 Å². The average Bonchev–Trinajstić information content (AvgIpc) is 3.19. The van der Waals surface area contributed by atoms with Gasteiger partial charge in [-0.1, -0.05) is 27.2 Å². The van der Waals surface area contributed by atoms with Crippen molar-refractivity contribution in [2.45, 2.75) is 90.6 Å². The van der Waals surface area contributed by atoms with Crippen molar-refractivity contribution in [1.29, 1.82) is 0 Å². The Bertz CT molecular complexity index is 970. The maximum Gasteiger partial charge on any atom is 0.229 e. The van der Waals surface area contributed by atoms with Gasteiger partial charge in [0.05, 0.1) is 18.4 Å². The number of carbonyl (C=O) groups excluding carboxylic acids is 2. The fourth-order valence-corrected chi connectivity index (χ4v) is 8.21. The molecule has 3 fully saturated rings. The van der Waals surface area contributed by atoms with Crippen molar-refractivity contribution in [1.82, 2.24) is 9.88 Å². The molecule has 3 N–H and O–H groups in total. The molecule has 3 aliphatic carbocycles. The number of thiazole rings is 1. The second kappa shape index (κ2) is 9.42. The van der Waals surface area contributed by atoms with Crippen LogP contribution in [-0.2, 0) is 16.0 Å². The number of fused-ring (bicyclic) bond motifs is 2. The van der Waals surface area contributed by atoms with Crippen LogP contribution in [0.4, 0.5) is 5.13 Å². The Morgan fingerprint density at radius 3 is 2.51 bits per heavy atom. The number of likely N-dealkylation sites (tertiary alicyclic amines) is 1. The molecule has 1 aromatic rings. The molecule has 2 saturated carbocycles. The third-order valence-corrected chi connectivity index (χ3v) is 11.1. The summed E-state index contributed by atoms with van der Waals surface area (Å²) in [5.74, 6) is 0.921. The van der Waals surface area contributed by atoms with Gasteiger partial charge in [-0.15, -0.1) is 11.3 Å². The summed E-state index contributed by atoms with van der Waals surface area (Å²) >= 11 is 1.52.